The summed E-state index contributed by atoms with van der Waals surface area (Å²) in [6.07, 6.45) is 1.69. The molecule has 0 unspecified atom stereocenters. The first-order valence-electron chi connectivity index (χ1n) is 5.86. The second-order valence-corrected chi connectivity index (χ2v) is 4.46. The zero-order chi connectivity index (χ0) is 13.7. The van der Waals surface area contributed by atoms with Crippen LogP contribution in [-0.2, 0) is 6.54 Å². The van der Waals surface area contributed by atoms with E-state index in [1.807, 2.05) is 19.1 Å². The van der Waals surface area contributed by atoms with Crippen LogP contribution in [0.3, 0.4) is 0 Å². The molecule has 0 saturated carbocycles. The van der Waals surface area contributed by atoms with Crippen LogP contribution in [0, 0.1) is 0 Å². The van der Waals surface area contributed by atoms with Crippen LogP contribution in [-0.4, -0.2) is 23.1 Å². The van der Waals surface area contributed by atoms with Gasteiger partial charge in [-0.3, -0.25) is 0 Å². The summed E-state index contributed by atoms with van der Waals surface area (Å²) >= 11 is 1.28. The van der Waals surface area contributed by atoms with Gasteiger partial charge >= 0.3 is 0 Å². The molecule has 0 saturated heterocycles. The fourth-order valence-electron chi connectivity index (χ4n) is 1.61. The lowest BCUT2D eigenvalue weighted by atomic mass is 10.2. The van der Waals surface area contributed by atoms with Crippen molar-refractivity contribution in [1.82, 2.24) is 9.36 Å². The van der Waals surface area contributed by atoms with Gasteiger partial charge in [-0.25, -0.2) is 4.98 Å². The second-order valence-electron chi connectivity index (χ2n) is 3.68. The first-order valence-corrected chi connectivity index (χ1v) is 6.63. The molecular weight excluding hydrogens is 264 g/mol. The normalized spacial score (nSPS) is 10.2. The van der Waals surface area contributed by atoms with Crippen LogP contribution in [0.2, 0.25) is 0 Å². The molecule has 3 N–H and O–H groups in total. The SMILES string of the molecule is CCOc1c(N)nsc1NCc1cccnc1OC. The molecule has 2 aromatic heterocycles. The molecule has 19 heavy (non-hydrogen) atoms. The van der Waals surface area contributed by atoms with E-state index in [0.717, 1.165) is 10.6 Å². The number of nitrogen functional groups attached to an aromatic ring is 1. The maximum atomic E-state index is 5.75. The van der Waals surface area contributed by atoms with Crippen molar-refractivity contribution in [2.75, 3.05) is 24.8 Å². The van der Waals surface area contributed by atoms with Crippen molar-refractivity contribution in [3.8, 4) is 11.6 Å². The number of nitrogens with two attached hydrogens (primary N) is 1. The quantitative estimate of drug-likeness (QED) is 0.843. The first kappa shape index (κ1) is 13.4. The van der Waals surface area contributed by atoms with Gasteiger partial charge in [0.05, 0.1) is 13.7 Å². The summed E-state index contributed by atoms with van der Waals surface area (Å²) in [6.45, 7) is 3.03. The maximum Gasteiger partial charge on any atom is 0.218 e. The predicted molar refractivity (Wildman–Crippen MR) is 75.8 cm³/mol. The zero-order valence-electron chi connectivity index (χ0n) is 10.8. The summed E-state index contributed by atoms with van der Waals surface area (Å²) < 4.78 is 14.7. The van der Waals surface area contributed by atoms with Crippen LogP contribution in [0.1, 0.15) is 12.5 Å². The third-order valence-corrected chi connectivity index (χ3v) is 3.25. The van der Waals surface area contributed by atoms with E-state index in [2.05, 4.69) is 14.7 Å². The molecule has 0 aliphatic heterocycles. The summed E-state index contributed by atoms with van der Waals surface area (Å²) in [7, 11) is 1.60. The van der Waals surface area contributed by atoms with Crippen molar-refractivity contribution in [1.29, 1.82) is 0 Å². The molecule has 2 rings (SSSR count). The highest BCUT2D eigenvalue weighted by Crippen LogP contribution is 2.35. The van der Waals surface area contributed by atoms with E-state index in [-0.39, 0.29) is 0 Å². The van der Waals surface area contributed by atoms with E-state index in [1.165, 1.54) is 11.5 Å². The predicted octanol–water partition coefficient (Wildman–Crippen LogP) is 2.14. The fourth-order valence-corrected chi connectivity index (χ4v) is 2.26. The van der Waals surface area contributed by atoms with Crippen LogP contribution in [0.4, 0.5) is 10.8 Å². The molecular formula is C12H16N4O2S. The number of methoxy groups -OCH3 is 1. The van der Waals surface area contributed by atoms with E-state index in [9.17, 15) is 0 Å². The summed E-state index contributed by atoms with van der Waals surface area (Å²) in [4.78, 5) is 4.14. The van der Waals surface area contributed by atoms with Crippen molar-refractivity contribution >= 4 is 22.4 Å². The molecule has 0 amide bonds. The molecule has 0 bridgehead atoms. The number of nitrogens with zero attached hydrogens (tertiary/aromatic N) is 2. The lowest BCUT2D eigenvalue weighted by Gasteiger charge is -2.09. The highest BCUT2D eigenvalue weighted by atomic mass is 32.1. The molecule has 7 heteroatoms. The Hall–Kier alpha value is -2.02. The van der Waals surface area contributed by atoms with Crippen LogP contribution >= 0.6 is 11.5 Å². The Morgan fingerprint density at radius 1 is 1.47 bits per heavy atom. The topological polar surface area (TPSA) is 82.3 Å². The number of ether oxygens (including phenoxy) is 2. The Labute approximate surface area is 115 Å². The van der Waals surface area contributed by atoms with Crippen LogP contribution in [0.5, 0.6) is 11.6 Å². The summed E-state index contributed by atoms with van der Waals surface area (Å²) in [5.74, 6) is 1.62. The lowest BCUT2D eigenvalue weighted by molar-refractivity contribution is 0.344. The molecule has 0 aliphatic carbocycles. The Bertz CT molecular complexity index is 544. The summed E-state index contributed by atoms with van der Waals surface area (Å²) in [5.41, 5.74) is 6.71. The van der Waals surface area contributed by atoms with E-state index in [0.29, 0.717) is 30.6 Å². The Kier molecular flexibility index (Phi) is 4.40. The molecule has 0 aromatic carbocycles. The van der Waals surface area contributed by atoms with Crippen molar-refractivity contribution in [2.24, 2.45) is 0 Å². The van der Waals surface area contributed by atoms with Gasteiger partial charge in [-0.05, 0) is 24.5 Å². The molecule has 2 heterocycles. The minimum Gasteiger partial charge on any atom is -0.487 e. The number of hydrogen-bond acceptors (Lipinski definition) is 7. The molecule has 0 aliphatic rings. The minimum absolute atomic E-state index is 0.410. The van der Waals surface area contributed by atoms with Gasteiger partial charge in [0, 0.05) is 18.3 Å². The maximum absolute atomic E-state index is 5.75. The van der Waals surface area contributed by atoms with Crippen molar-refractivity contribution < 1.29 is 9.47 Å². The molecule has 0 spiro atoms. The van der Waals surface area contributed by atoms with E-state index < -0.39 is 0 Å². The number of nitrogens with one attached hydrogen (secondary N) is 1. The summed E-state index contributed by atoms with van der Waals surface area (Å²) in [6, 6.07) is 3.81. The van der Waals surface area contributed by atoms with Gasteiger partial charge < -0.3 is 20.5 Å². The monoisotopic (exact) mass is 280 g/mol. The fraction of sp³-hybridized carbons (Fsp3) is 0.333. The molecule has 2 aromatic rings. The van der Waals surface area contributed by atoms with Gasteiger partial charge in [-0.2, -0.15) is 4.37 Å². The Morgan fingerprint density at radius 2 is 2.32 bits per heavy atom. The van der Waals surface area contributed by atoms with Gasteiger partial charge in [0.1, 0.15) is 0 Å². The van der Waals surface area contributed by atoms with Crippen LogP contribution in [0.15, 0.2) is 18.3 Å². The van der Waals surface area contributed by atoms with Crippen molar-refractivity contribution in [2.45, 2.75) is 13.5 Å². The average molecular weight is 280 g/mol. The van der Waals surface area contributed by atoms with Gasteiger partial charge in [0.2, 0.25) is 5.88 Å². The van der Waals surface area contributed by atoms with E-state index >= 15 is 0 Å². The largest absolute Gasteiger partial charge is 0.487 e. The zero-order valence-corrected chi connectivity index (χ0v) is 11.7. The molecule has 102 valence electrons. The van der Waals surface area contributed by atoms with Crippen molar-refractivity contribution in [3.05, 3.63) is 23.9 Å². The van der Waals surface area contributed by atoms with Crippen molar-refractivity contribution in [3.63, 3.8) is 0 Å². The second kappa shape index (κ2) is 6.24. The van der Waals surface area contributed by atoms with E-state index in [4.69, 9.17) is 15.2 Å². The number of aromatic nitrogens is 2. The molecule has 0 atom stereocenters. The van der Waals surface area contributed by atoms with Gasteiger partial charge in [0.25, 0.3) is 0 Å². The number of rotatable bonds is 6. The lowest BCUT2D eigenvalue weighted by Crippen LogP contribution is -2.03. The molecule has 0 fully saturated rings. The van der Waals surface area contributed by atoms with Crippen LogP contribution in [0.25, 0.3) is 0 Å². The highest BCUT2D eigenvalue weighted by molar-refractivity contribution is 7.11. The van der Waals surface area contributed by atoms with Gasteiger partial charge in [0.15, 0.2) is 16.6 Å². The standard InChI is InChI=1S/C12H16N4O2S/c1-3-18-9-10(13)16-19-12(9)15-7-8-5-4-6-14-11(8)17-2/h4-6,15H,3,7H2,1-2H3,(H2,13,16). The van der Waals surface area contributed by atoms with Gasteiger partial charge in [-0.15, -0.1) is 0 Å². The number of anilines is 2. The number of hydrogen-bond donors (Lipinski definition) is 2. The minimum atomic E-state index is 0.410. The third kappa shape index (κ3) is 3.05. The summed E-state index contributed by atoms with van der Waals surface area (Å²) in [5, 5.41) is 4.05. The highest BCUT2D eigenvalue weighted by Gasteiger charge is 2.13. The smallest absolute Gasteiger partial charge is 0.218 e. The van der Waals surface area contributed by atoms with Gasteiger partial charge in [-0.1, -0.05) is 6.07 Å². The molecule has 0 radical (unpaired) electrons. The first-order chi connectivity index (χ1) is 9.26. The Balaban J connectivity index is 2.10. The number of pyridine rings is 1. The third-order valence-electron chi connectivity index (χ3n) is 2.45. The average Bonchev–Trinajstić information content (AvgIpc) is 2.78. The van der Waals surface area contributed by atoms with Crippen LogP contribution < -0.4 is 20.5 Å². The Morgan fingerprint density at radius 3 is 3.05 bits per heavy atom. The molecule has 6 nitrogen and oxygen atoms in total. The van der Waals surface area contributed by atoms with E-state index in [1.54, 1.807) is 13.3 Å².